The smallest absolute Gasteiger partial charge is 0.127 e. The van der Waals surface area contributed by atoms with Gasteiger partial charge >= 0.3 is 0 Å². The van der Waals surface area contributed by atoms with Gasteiger partial charge in [0.25, 0.3) is 0 Å². The van der Waals surface area contributed by atoms with Gasteiger partial charge in [-0.3, -0.25) is 4.90 Å². The average Bonchev–Trinajstić information content (AvgIpc) is 2.79. The number of hydrogen-bond donors (Lipinski definition) is 1. The van der Waals surface area contributed by atoms with Crippen LogP contribution in [-0.2, 0) is 13.0 Å². The second-order valence-electron chi connectivity index (χ2n) is 6.06. The van der Waals surface area contributed by atoms with Gasteiger partial charge in [-0.05, 0) is 31.5 Å². The van der Waals surface area contributed by atoms with Crippen molar-refractivity contribution in [2.24, 2.45) is 0 Å². The van der Waals surface area contributed by atoms with Crippen molar-refractivity contribution >= 4 is 15.9 Å². The van der Waals surface area contributed by atoms with Crippen molar-refractivity contribution in [1.82, 2.24) is 10.2 Å². The largest absolute Gasteiger partial charge is 0.493 e. The summed E-state index contributed by atoms with van der Waals surface area (Å²) in [5.74, 6) is 1.12. The summed E-state index contributed by atoms with van der Waals surface area (Å²) in [7, 11) is 0. The quantitative estimate of drug-likeness (QED) is 0.904. The van der Waals surface area contributed by atoms with Crippen LogP contribution in [0, 0.1) is 0 Å². The van der Waals surface area contributed by atoms with Crippen LogP contribution in [0.3, 0.4) is 0 Å². The number of piperazine rings is 1. The predicted molar refractivity (Wildman–Crippen MR) is 80.7 cm³/mol. The molecule has 3 nitrogen and oxygen atoms in total. The van der Waals surface area contributed by atoms with E-state index < -0.39 is 0 Å². The summed E-state index contributed by atoms with van der Waals surface area (Å²) in [5, 5.41) is 3.47. The fourth-order valence-corrected chi connectivity index (χ4v) is 3.54. The molecule has 0 aliphatic carbocycles. The number of halogens is 1. The summed E-state index contributed by atoms with van der Waals surface area (Å²) in [5.41, 5.74) is 2.86. The van der Waals surface area contributed by atoms with Crippen LogP contribution in [0.25, 0.3) is 0 Å². The van der Waals surface area contributed by atoms with Gasteiger partial charge in [-0.1, -0.05) is 15.9 Å². The summed E-state index contributed by atoms with van der Waals surface area (Å²) >= 11 is 3.62. The van der Waals surface area contributed by atoms with E-state index >= 15 is 0 Å². The highest BCUT2D eigenvalue weighted by atomic mass is 79.9. The van der Waals surface area contributed by atoms with E-state index in [4.69, 9.17) is 4.74 Å². The van der Waals surface area contributed by atoms with E-state index in [-0.39, 0.29) is 5.54 Å². The molecule has 3 rings (SSSR count). The zero-order valence-electron chi connectivity index (χ0n) is 11.6. The van der Waals surface area contributed by atoms with Crippen molar-refractivity contribution in [3.8, 4) is 5.75 Å². The Morgan fingerprint density at radius 3 is 3.05 bits per heavy atom. The fraction of sp³-hybridized carbons (Fsp3) is 0.600. The molecule has 2 aliphatic rings. The number of nitrogens with zero attached hydrogens (tertiary/aromatic N) is 1. The van der Waals surface area contributed by atoms with E-state index in [9.17, 15) is 0 Å². The van der Waals surface area contributed by atoms with E-state index in [0.717, 1.165) is 45.0 Å². The van der Waals surface area contributed by atoms with Gasteiger partial charge < -0.3 is 10.1 Å². The molecule has 0 unspecified atom stereocenters. The Balaban J connectivity index is 1.87. The zero-order valence-corrected chi connectivity index (χ0v) is 13.2. The van der Waals surface area contributed by atoms with Gasteiger partial charge in [0, 0.05) is 48.2 Å². The lowest BCUT2D eigenvalue weighted by Gasteiger charge is -2.43. The van der Waals surface area contributed by atoms with Crippen LogP contribution in [0.2, 0.25) is 0 Å². The van der Waals surface area contributed by atoms with Gasteiger partial charge in [0.05, 0.1) is 6.61 Å². The van der Waals surface area contributed by atoms with Gasteiger partial charge in [0.15, 0.2) is 0 Å². The Kier molecular flexibility index (Phi) is 3.58. The van der Waals surface area contributed by atoms with Gasteiger partial charge in [-0.2, -0.15) is 0 Å². The molecule has 0 aromatic heterocycles. The minimum Gasteiger partial charge on any atom is -0.493 e. The molecular weight excluding hydrogens is 304 g/mol. The van der Waals surface area contributed by atoms with Crippen molar-refractivity contribution in [3.05, 3.63) is 27.7 Å². The number of benzene rings is 1. The van der Waals surface area contributed by atoms with Crippen LogP contribution < -0.4 is 10.1 Å². The highest BCUT2D eigenvalue weighted by Gasteiger charge is 2.30. The summed E-state index contributed by atoms with van der Waals surface area (Å²) in [6.45, 7) is 9.61. The Morgan fingerprint density at radius 1 is 1.42 bits per heavy atom. The van der Waals surface area contributed by atoms with E-state index in [2.05, 4.69) is 52.1 Å². The highest BCUT2D eigenvalue weighted by Crippen LogP contribution is 2.34. The molecule has 1 saturated heterocycles. The molecular formula is C15H21BrN2O. The van der Waals surface area contributed by atoms with Crippen LogP contribution in [0.15, 0.2) is 16.6 Å². The standard InChI is InChI=1S/C15H21BrN2O/c1-15(2)10-17-4-5-18(15)9-12-8-13(16)7-11-3-6-19-14(11)12/h7-8,17H,3-6,9-10H2,1-2H3. The van der Waals surface area contributed by atoms with E-state index in [0.29, 0.717) is 0 Å². The molecule has 2 heterocycles. The van der Waals surface area contributed by atoms with Crippen molar-refractivity contribution in [3.63, 3.8) is 0 Å². The molecule has 4 heteroatoms. The lowest BCUT2D eigenvalue weighted by atomic mass is 9.98. The van der Waals surface area contributed by atoms with Crippen LogP contribution in [0.1, 0.15) is 25.0 Å². The number of ether oxygens (including phenoxy) is 1. The van der Waals surface area contributed by atoms with Crippen LogP contribution in [-0.4, -0.2) is 36.7 Å². The van der Waals surface area contributed by atoms with Crippen molar-refractivity contribution < 1.29 is 4.74 Å². The molecule has 104 valence electrons. The van der Waals surface area contributed by atoms with Crippen LogP contribution in [0.4, 0.5) is 0 Å². The third-order valence-electron chi connectivity index (χ3n) is 4.16. The number of nitrogens with one attached hydrogen (secondary N) is 1. The molecule has 1 aromatic carbocycles. The first-order chi connectivity index (χ1) is 9.06. The van der Waals surface area contributed by atoms with Crippen LogP contribution in [0.5, 0.6) is 5.75 Å². The minimum atomic E-state index is 0.200. The molecule has 0 amide bonds. The predicted octanol–water partition coefficient (Wildman–Crippen LogP) is 2.57. The van der Waals surface area contributed by atoms with E-state index in [1.54, 1.807) is 0 Å². The maximum atomic E-state index is 5.83. The Labute approximate surface area is 123 Å². The molecule has 0 atom stereocenters. The summed E-state index contributed by atoms with van der Waals surface area (Å²) < 4.78 is 7.00. The van der Waals surface area contributed by atoms with Gasteiger partial charge in [-0.25, -0.2) is 0 Å². The summed E-state index contributed by atoms with van der Waals surface area (Å²) in [6.07, 6.45) is 1.03. The third-order valence-corrected chi connectivity index (χ3v) is 4.62. The second-order valence-corrected chi connectivity index (χ2v) is 6.98. The summed E-state index contributed by atoms with van der Waals surface area (Å²) in [6, 6.07) is 4.40. The van der Waals surface area contributed by atoms with Crippen LogP contribution >= 0.6 is 15.9 Å². The fourth-order valence-electron chi connectivity index (χ4n) is 2.98. The van der Waals surface area contributed by atoms with Gasteiger partial charge in [0.2, 0.25) is 0 Å². The molecule has 0 bridgehead atoms. The van der Waals surface area contributed by atoms with Crippen molar-refractivity contribution in [2.75, 3.05) is 26.2 Å². The van der Waals surface area contributed by atoms with Crippen molar-refractivity contribution in [2.45, 2.75) is 32.4 Å². The molecule has 1 N–H and O–H groups in total. The molecule has 1 fully saturated rings. The highest BCUT2D eigenvalue weighted by molar-refractivity contribution is 9.10. The maximum absolute atomic E-state index is 5.83. The maximum Gasteiger partial charge on any atom is 0.127 e. The first-order valence-electron chi connectivity index (χ1n) is 6.96. The number of rotatable bonds is 2. The SMILES string of the molecule is CC1(C)CNCCN1Cc1cc(Br)cc2c1OCC2. The van der Waals surface area contributed by atoms with Crippen molar-refractivity contribution in [1.29, 1.82) is 0 Å². The topological polar surface area (TPSA) is 24.5 Å². The zero-order chi connectivity index (χ0) is 13.5. The minimum absolute atomic E-state index is 0.200. The molecule has 1 aromatic rings. The molecule has 0 saturated carbocycles. The molecule has 0 radical (unpaired) electrons. The van der Waals surface area contributed by atoms with E-state index in [1.165, 1.54) is 15.6 Å². The second kappa shape index (κ2) is 5.08. The number of fused-ring (bicyclic) bond motifs is 1. The molecule has 0 spiro atoms. The first-order valence-corrected chi connectivity index (χ1v) is 7.75. The Bertz CT molecular complexity index is 487. The summed E-state index contributed by atoms with van der Waals surface area (Å²) in [4.78, 5) is 2.55. The Morgan fingerprint density at radius 2 is 2.26 bits per heavy atom. The third kappa shape index (κ3) is 2.67. The Hall–Kier alpha value is -0.580. The monoisotopic (exact) mass is 324 g/mol. The van der Waals surface area contributed by atoms with E-state index in [1.807, 2.05) is 0 Å². The average molecular weight is 325 g/mol. The lowest BCUT2D eigenvalue weighted by molar-refractivity contribution is 0.0818. The molecule has 19 heavy (non-hydrogen) atoms. The van der Waals surface area contributed by atoms with Gasteiger partial charge in [0.1, 0.15) is 5.75 Å². The number of hydrogen-bond acceptors (Lipinski definition) is 3. The normalized spacial score (nSPS) is 22.1. The first kappa shape index (κ1) is 13.4. The lowest BCUT2D eigenvalue weighted by Crippen LogP contribution is -2.57. The van der Waals surface area contributed by atoms with Gasteiger partial charge in [-0.15, -0.1) is 0 Å². The molecule has 2 aliphatic heterocycles.